The summed E-state index contributed by atoms with van der Waals surface area (Å²) in [6, 6.07) is 9.28. The number of phenols is 1. The van der Waals surface area contributed by atoms with Crippen molar-refractivity contribution in [3.05, 3.63) is 67.5 Å². The zero-order valence-corrected chi connectivity index (χ0v) is 19.3. The Morgan fingerprint density at radius 3 is 2.69 bits per heavy atom. The number of nitrogens with one attached hydrogen (secondary N) is 1. The fourth-order valence-electron chi connectivity index (χ4n) is 5.20. The Morgan fingerprint density at radius 1 is 1.06 bits per heavy atom. The Morgan fingerprint density at radius 2 is 1.91 bits per heavy atom. The van der Waals surface area contributed by atoms with Crippen molar-refractivity contribution in [1.29, 1.82) is 0 Å². The molecule has 2 aliphatic rings. The average Bonchev–Trinajstić information content (AvgIpc) is 3.55. The van der Waals surface area contributed by atoms with Gasteiger partial charge in [-0.05, 0) is 49.1 Å². The van der Waals surface area contributed by atoms with E-state index in [-0.39, 0.29) is 17.8 Å². The lowest BCUT2D eigenvalue weighted by molar-refractivity contribution is 0.176. The van der Waals surface area contributed by atoms with Crippen molar-refractivity contribution in [2.45, 2.75) is 43.6 Å². The molecular formula is C26H26FN7O. The van der Waals surface area contributed by atoms with Crippen molar-refractivity contribution in [1.82, 2.24) is 30.0 Å². The molecule has 0 spiro atoms. The Bertz CT molecular complexity index is 1330. The quantitative estimate of drug-likeness (QED) is 0.458. The molecule has 0 saturated carbocycles. The number of pyridine rings is 1. The third-order valence-corrected chi connectivity index (χ3v) is 7.17. The Balaban J connectivity index is 1.20. The van der Waals surface area contributed by atoms with Crippen LogP contribution in [0.15, 0.2) is 67.5 Å². The van der Waals surface area contributed by atoms with Crippen LogP contribution in [-0.4, -0.2) is 61.2 Å². The van der Waals surface area contributed by atoms with E-state index >= 15 is 0 Å². The lowest BCUT2D eigenvalue weighted by Crippen LogP contribution is -2.55. The van der Waals surface area contributed by atoms with Crippen molar-refractivity contribution in [3.63, 3.8) is 0 Å². The van der Waals surface area contributed by atoms with Crippen LogP contribution in [0.5, 0.6) is 5.75 Å². The number of alkyl halides is 1. The minimum absolute atomic E-state index is 0.0688. The smallest absolute Gasteiger partial charge is 0.147 e. The van der Waals surface area contributed by atoms with Gasteiger partial charge >= 0.3 is 0 Å². The van der Waals surface area contributed by atoms with E-state index in [0.29, 0.717) is 23.1 Å². The fourth-order valence-corrected chi connectivity index (χ4v) is 5.20. The van der Waals surface area contributed by atoms with Crippen LogP contribution in [0.1, 0.15) is 19.3 Å². The monoisotopic (exact) mass is 471 g/mol. The summed E-state index contributed by atoms with van der Waals surface area (Å²) >= 11 is 0. The molecule has 4 aromatic rings. The summed E-state index contributed by atoms with van der Waals surface area (Å²) in [6.07, 6.45) is 12.1. The third kappa shape index (κ3) is 4.01. The van der Waals surface area contributed by atoms with Crippen LogP contribution in [-0.2, 0) is 0 Å². The first-order valence-corrected chi connectivity index (χ1v) is 11.8. The summed E-state index contributed by atoms with van der Waals surface area (Å²) in [5.41, 5.74) is 3.76. The number of hydrogen-bond donors (Lipinski definition) is 2. The van der Waals surface area contributed by atoms with Crippen LogP contribution < -0.4 is 10.2 Å². The van der Waals surface area contributed by atoms with Crippen LogP contribution >= 0.6 is 0 Å². The van der Waals surface area contributed by atoms with Gasteiger partial charge < -0.3 is 15.3 Å². The maximum absolute atomic E-state index is 15.0. The molecule has 2 unspecified atom stereocenters. The van der Waals surface area contributed by atoms with Crippen molar-refractivity contribution in [2.75, 3.05) is 11.9 Å². The van der Waals surface area contributed by atoms with Crippen molar-refractivity contribution >= 4 is 5.82 Å². The number of anilines is 1. The minimum Gasteiger partial charge on any atom is -0.507 e. The molecule has 178 valence electrons. The SMILES string of the molecule is CN(c1cnc(-c2ccc(-c3cnn(-c4ccncc4)c3)cc2O)cn1)[C@H]1CC2CCC(N2)[C@H]1F. The number of fused-ring (bicyclic) bond motifs is 2. The Kier molecular flexibility index (Phi) is 5.41. The molecular weight excluding hydrogens is 445 g/mol. The molecule has 3 aromatic heterocycles. The van der Waals surface area contributed by atoms with Crippen LogP contribution in [0.25, 0.3) is 28.1 Å². The highest BCUT2D eigenvalue weighted by atomic mass is 19.1. The second-order valence-corrected chi connectivity index (χ2v) is 9.28. The highest BCUT2D eigenvalue weighted by Gasteiger charge is 2.43. The number of aromatic nitrogens is 5. The third-order valence-electron chi connectivity index (χ3n) is 7.17. The van der Waals surface area contributed by atoms with Crippen LogP contribution in [0.2, 0.25) is 0 Å². The van der Waals surface area contributed by atoms with Crippen LogP contribution in [0, 0.1) is 0 Å². The summed E-state index contributed by atoms with van der Waals surface area (Å²) in [4.78, 5) is 15.0. The molecule has 0 amide bonds. The summed E-state index contributed by atoms with van der Waals surface area (Å²) in [5.74, 6) is 0.732. The van der Waals surface area contributed by atoms with Crippen molar-refractivity contribution in [2.24, 2.45) is 0 Å². The first-order valence-electron chi connectivity index (χ1n) is 11.8. The molecule has 0 aliphatic carbocycles. The number of aromatic hydroxyl groups is 1. The maximum Gasteiger partial charge on any atom is 0.147 e. The number of halogens is 1. The van der Waals surface area contributed by atoms with Gasteiger partial charge in [0.25, 0.3) is 0 Å². The average molecular weight is 472 g/mol. The molecule has 2 N–H and O–H groups in total. The predicted molar refractivity (Wildman–Crippen MR) is 131 cm³/mol. The Hall–Kier alpha value is -3.85. The molecule has 2 saturated heterocycles. The van der Waals surface area contributed by atoms with E-state index in [9.17, 15) is 9.50 Å². The van der Waals surface area contributed by atoms with Crippen LogP contribution in [0.4, 0.5) is 10.2 Å². The normalized spacial score (nSPS) is 23.4. The van der Waals surface area contributed by atoms with Gasteiger partial charge in [0.2, 0.25) is 0 Å². The number of piperidine rings is 1. The molecule has 4 atom stereocenters. The first kappa shape index (κ1) is 21.7. The molecule has 9 heteroatoms. The van der Waals surface area contributed by atoms with E-state index in [1.54, 1.807) is 41.7 Å². The highest BCUT2D eigenvalue weighted by molar-refractivity contribution is 5.74. The van der Waals surface area contributed by atoms with Gasteiger partial charge in [0.1, 0.15) is 17.7 Å². The van der Waals surface area contributed by atoms with Gasteiger partial charge in [0.15, 0.2) is 0 Å². The second-order valence-electron chi connectivity index (χ2n) is 9.28. The van der Waals surface area contributed by atoms with E-state index in [1.165, 1.54) is 0 Å². The van der Waals surface area contributed by atoms with Crippen LogP contribution in [0.3, 0.4) is 0 Å². The summed E-state index contributed by atoms with van der Waals surface area (Å²) in [7, 11) is 1.88. The summed E-state index contributed by atoms with van der Waals surface area (Å²) in [5, 5.41) is 18.5. The number of hydrogen-bond acceptors (Lipinski definition) is 7. The largest absolute Gasteiger partial charge is 0.507 e. The highest BCUT2D eigenvalue weighted by Crippen LogP contribution is 2.35. The number of nitrogens with zero attached hydrogens (tertiary/aromatic N) is 6. The molecule has 8 nitrogen and oxygen atoms in total. The molecule has 2 fully saturated rings. The number of phenolic OH excluding ortho intramolecular Hbond substituents is 1. The predicted octanol–water partition coefficient (Wildman–Crippen LogP) is 3.76. The Labute approximate surface area is 202 Å². The van der Waals surface area contributed by atoms with Gasteiger partial charge in [0.05, 0.1) is 36.0 Å². The summed E-state index contributed by atoms with van der Waals surface area (Å²) in [6.45, 7) is 0. The molecule has 2 bridgehead atoms. The number of rotatable bonds is 5. The molecule has 1 aromatic carbocycles. The van der Waals surface area contributed by atoms with Gasteiger partial charge in [-0.3, -0.25) is 9.97 Å². The van der Waals surface area contributed by atoms with E-state index < -0.39 is 6.17 Å². The van der Waals surface area contributed by atoms with Gasteiger partial charge in [-0.2, -0.15) is 5.10 Å². The van der Waals surface area contributed by atoms with Gasteiger partial charge in [-0.25, -0.2) is 14.1 Å². The zero-order valence-electron chi connectivity index (χ0n) is 19.3. The zero-order chi connectivity index (χ0) is 23.9. The van der Waals surface area contributed by atoms with E-state index in [4.69, 9.17) is 0 Å². The lowest BCUT2D eigenvalue weighted by atomic mass is 9.96. The second kappa shape index (κ2) is 8.74. The fraction of sp³-hybridized carbons (Fsp3) is 0.308. The van der Waals surface area contributed by atoms with E-state index in [1.807, 2.05) is 42.4 Å². The molecule has 5 heterocycles. The van der Waals surface area contributed by atoms with Gasteiger partial charge in [-0.15, -0.1) is 0 Å². The molecule has 35 heavy (non-hydrogen) atoms. The maximum atomic E-state index is 15.0. The van der Waals surface area contributed by atoms with E-state index in [0.717, 1.165) is 36.1 Å². The van der Waals surface area contributed by atoms with E-state index in [2.05, 4.69) is 25.4 Å². The van der Waals surface area contributed by atoms with Crippen molar-refractivity contribution < 1.29 is 9.50 Å². The van der Waals surface area contributed by atoms with Gasteiger partial charge in [-0.1, -0.05) is 6.07 Å². The van der Waals surface area contributed by atoms with Gasteiger partial charge in [0, 0.05) is 48.8 Å². The summed E-state index contributed by atoms with van der Waals surface area (Å²) < 4.78 is 16.7. The first-order chi connectivity index (χ1) is 17.1. The molecule has 2 aliphatic heterocycles. The van der Waals surface area contributed by atoms with Crippen molar-refractivity contribution in [3.8, 4) is 33.8 Å². The minimum atomic E-state index is -0.931. The lowest BCUT2D eigenvalue weighted by Gasteiger charge is -2.38. The molecule has 6 rings (SSSR count). The topological polar surface area (TPSA) is 92.0 Å². The standard InChI is InChI=1S/C26H26FN7O/c1-33(23-11-18-3-5-21(32-18)26(23)27)25-14-29-22(13-30-25)20-4-2-16(10-24(20)35)17-12-31-34(15-17)19-6-8-28-9-7-19/h2,4,6-10,12-15,18,21,23,26,32,35H,3,5,11H2,1H3/t18?,21?,23-,26+/m0/s1. The number of benzene rings is 1. The molecule has 0 radical (unpaired) electrons.